The molecule has 0 radical (unpaired) electrons. The summed E-state index contributed by atoms with van der Waals surface area (Å²) in [6.45, 7) is 1.87. The van der Waals surface area contributed by atoms with Gasteiger partial charge in [-0.15, -0.1) is 0 Å². The Kier molecular flexibility index (Phi) is 4.24. The van der Waals surface area contributed by atoms with Crippen LogP contribution in [0.25, 0.3) is 11.1 Å². The van der Waals surface area contributed by atoms with Crippen LogP contribution in [0.4, 0.5) is 5.69 Å². The number of benzene rings is 1. The first-order chi connectivity index (χ1) is 11.5. The van der Waals surface area contributed by atoms with Gasteiger partial charge in [-0.05, 0) is 30.2 Å². The third kappa shape index (κ3) is 3.25. The molecule has 0 unspecified atom stereocenters. The number of hydrogen-bond acceptors (Lipinski definition) is 3. The molecule has 0 fully saturated rings. The molecule has 0 atom stereocenters. The van der Waals surface area contributed by atoms with Crippen LogP contribution in [0.3, 0.4) is 0 Å². The average molecular weight is 319 g/mol. The molecule has 0 bridgehead atoms. The Balaban J connectivity index is 1.90. The molecule has 1 amide bonds. The van der Waals surface area contributed by atoms with E-state index in [1.54, 1.807) is 31.6 Å². The second-order valence-electron chi connectivity index (χ2n) is 5.63. The number of hydrogen-bond donors (Lipinski definition) is 1. The highest BCUT2D eigenvalue weighted by atomic mass is 16.2. The van der Waals surface area contributed by atoms with Gasteiger partial charge in [0.2, 0.25) is 0 Å². The molecular formula is C19H17N3O2. The number of pyridine rings is 2. The lowest BCUT2D eigenvalue weighted by atomic mass is 10.1. The molecule has 0 aliphatic heterocycles. The van der Waals surface area contributed by atoms with Crippen molar-refractivity contribution in [1.82, 2.24) is 9.55 Å². The van der Waals surface area contributed by atoms with Crippen LogP contribution in [-0.2, 0) is 7.05 Å². The van der Waals surface area contributed by atoms with E-state index in [2.05, 4.69) is 10.3 Å². The second kappa shape index (κ2) is 6.50. The fraction of sp³-hybridized carbons (Fsp3) is 0.105. The minimum absolute atomic E-state index is 0.249. The Bertz CT molecular complexity index is 946. The SMILES string of the molecule is Cc1cc(NC(=O)c2cncc(-c3ccccc3)c2)c(=O)n(C)c1. The predicted octanol–water partition coefficient (Wildman–Crippen LogP) is 3.01. The van der Waals surface area contributed by atoms with Crippen LogP contribution in [0.5, 0.6) is 0 Å². The lowest BCUT2D eigenvalue weighted by Crippen LogP contribution is -2.24. The van der Waals surface area contributed by atoms with Crippen molar-refractivity contribution in [3.8, 4) is 11.1 Å². The van der Waals surface area contributed by atoms with E-state index in [-0.39, 0.29) is 17.2 Å². The van der Waals surface area contributed by atoms with Crippen molar-refractivity contribution >= 4 is 11.6 Å². The quantitative estimate of drug-likeness (QED) is 0.807. The normalized spacial score (nSPS) is 10.4. The first kappa shape index (κ1) is 15.7. The minimum Gasteiger partial charge on any atom is -0.317 e. The molecule has 3 rings (SSSR count). The Labute approximate surface area is 139 Å². The van der Waals surface area contributed by atoms with Gasteiger partial charge >= 0.3 is 0 Å². The molecule has 24 heavy (non-hydrogen) atoms. The molecule has 0 saturated carbocycles. The summed E-state index contributed by atoms with van der Waals surface area (Å²) in [6, 6.07) is 13.1. The molecule has 120 valence electrons. The van der Waals surface area contributed by atoms with Gasteiger partial charge in [-0.25, -0.2) is 0 Å². The molecule has 1 N–H and O–H groups in total. The number of nitrogens with zero attached hydrogens (tertiary/aromatic N) is 2. The van der Waals surface area contributed by atoms with Crippen molar-refractivity contribution in [1.29, 1.82) is 0 Å². The zero-order valence-corrected chi connectivity index (χ0v) is 13.5. The number of carbonyl (C=O) groups is 1. The number of carbonyl (C=O) groups excluding carboxylic acids is 1. The summed E-state index contributed by atoms with van der Waals surface area (Å²) in [5, 5.41) is 2.67. The highest BCUT2D eigenvalue weighted by molar-refractivity contribution is 6.04. The molecule has 0 aliphatic rings. The number of aromatic nitrogens is 2. The molecule has 2 heterocycles. The average Bonchev–Trinajstić information content (AvgIpc) is 2.60. The van der Waals surface area contributed by atoms with Crippen LogP contribution >= 0.6 is 0 Å². The van der Waals surface area contributed by atoms with Gasteiger partial charge in [-0.3, -0.25) is 14.6 Å². The van der Waals surface area contributed by atoms with Crippen LogP contribution in [0.1, 0.15) is 15.9 Å². The Morgan fingerprint density at radius 3 is 2.58 bits per heavy atom. The van der Waals surface area contributed by atoms with Gasteiger partial charge in [-0.1, -0.05) is 30.3 Å². The minimum atomic E-state index is -0.358. The number of aryl methyl sites for hydroxylation is 2. The number of amides is 1. The van der Waals surface area contributed by atoms with Crippen LogP contribution in [-0.4, -0.2) is 15.5 Å². The van der Waals surface area contributed by atoms with Crippen molar-refractivity contribution in [2.75, 3.05) is 5.32 Å². The van der Waals surface area contributed by atoms with E-state index in [0.717, 1.165) is 16.7 Å². The molecule has 5 nitrogen and oxygen atoms in total. The molecule has 1 aromatic carbocycles. The highest BCUT2D eigenvalue weighted by Gasteiger charge is 2.11. The van der Waals surface area contributed by atoms with Crippen LogP contribution in [0.15, 0.2) is 65.8 Å². The molecule has 2 aromatic heterocycles. The molecule has 0 spiro atoms. The van der Waals surface area contributed by atoms with Crippen molar-refractivity contribution in [3.05, 3.63) is 82.5 Å². The van der Waals surface area contributed by atoms with Crippen molar-refractivity contribution < 1.29 is 4.79 Å². The van der Waals surface area contributed by atoms with E-state index in [1.165, 1.54) is 10.8 Å². The summed E-state index contributed by atoms with van der Waals surface area (Å²) in [4.78, 5) is 28.7. The smallest absolute Gasteiger partial charge is 0.274 e. The molecule has 3 aromatic rings. The Morgan fingerprint density at radius 2 is 1.83 bits per heavy atom. The maximum Gasteiger partial charge on any atom is 0.274 e. The highest BCUT2D eigenvalue weighted by Crippen LogP contribution is 2.19. The van der Waals surface area contributed by atoms with E-state index >= 15 is 0 Å². The van der Waals surface area contributed by atoms with Gasteiger partial charge in [-0.2, -0.15) is 0 Å². The van der Waals surface area contributed by atoms with Gasteiger partial charge in [0.1, 0.15) is 5.69 Å². The van der Waals surface area contributed by atoms with Crippen molar-refractivity contribution in [2.45, 2.75) is 6.92 Å². The summed E-state index contributed by atoms with van der Waals surface area (Å²) < 4.78 is 1.45. The van der Waals surface area contributed by atoms with Crippen LogP contribution in [0, 0.1) is 6.92 Å². The van der Waals surface area contributed by atoms with Gasteiger partial charge in [0, 0.05) is 31.2 Å². The maximum atomic E-state index is 12.5. The Hall–Kier alpha value is -3.21. The summed E-state index contributed by atoms with van der Waals surface area (Å²) in [5.74, 6) is -0.358. The first-order valence-electron chi connectivity index (χ1n) is 7.54. The number of anilines is 1. The second-order valence-corrected chi connectivity index (χ2v) is 5.63. The summed E-state index contributed by atoms with van der Waals surface area (Å²) in [7, 11) is 1.66. The molecule has 5 heteroatoms. The fourth-order valence-electron chi connectivity index (χ4n) is 2.52. The third-order valence-corrected chi connectivity index (χ3v) is 3.68. The van der Waals surface area contributed by atoms with Gasteiger partial charge in [0.05, 0.1) is 5.56 Å². The standard InChI is InChI=1S/C19H17N3O2/c1-13-8-17(19(24)22(2)12-13)21-18(23)16-9-15(10-20-11-16)14-6-4-3-5-7-14/h3-12H,1-2H3,(H,21,23). The molecular weight excluding hydrogens is 302 g/mol. The van der Waals surface area contributed by atoms with Crippen molar-refractivity contribution in [3.63, 3.8) is 0 Å². The Morgan fingerprint density at radius 1 is 1.08 bits per heavy atom. The summed E-state index contributed by atoms with van der Waals surface area (Å²) >= 11 is 0. The third-order valence-electron chi connectivity index (χ3n) is 3.68. The number of rotatable bonds is 3. The molecule has 0 aliphatic carbocycles. The zero-order valence-electron chi connectivity index (χ0n) is 13.5. The lowest BCUT2D eigenvalue weighted by Gasteiger charge is -2.08. The predicted molar refractivity (Wildman–Crippen MR) is 94.0 cm³/mol. The molecule has 0 saturated heterocycles. The van der Waals surface area contributed by atoms with E-state index in [1.807, 2.05) is 37.3 Å². The van der Waals surface area contributed by atoms with E-state index in [0.29, 0.717) is 5.56 Å². The fourth-order valence-corrected chi connectivity index (χ4v) is 2.52. The van der Waals surface area contributed by atoms with E-state index < -0.39 is 0 Å². The van der Waals surface area contributed by atoms with Crippen LogP contribution < -0.4 is 10.9 Å². The van der Waals surface area contributed by atoms with Gasteiger partial charge in [0.15, 0.2) is 0 Å². The lowest BCUT2D eigenvalue weighted by molar-refractivity contribution is 0.102. The largest absolute Gasteiger partial charge is 0.317 e. The monoisotopic (exact) mass is 319 g/mol. The maximum absolute atomic E-state index is 12.5. The number of nitrogens with one attached hydrogen (secondary N) is 1. The van der Waals surface area contributed by atoms with Crippen LogP contribution in [0.2, 0.25) is 0 Å². The van der Waals surface area contributed by atoms with Gasteiger partial charge < -0.3 is 9.88 Å². The summed E-state index contributed by atoms with van der Waals surface area (Å²) in [6.07, 6.45) is 4.91. The van der Waals surface area contributed by atoms with Gasteiger partial charge in [0.25, 0.3) is 11.5 Å². The van der Waals surface area contributed by atoms with E-state index in [9.17, 15) is 9.59 Å². The van der Waals surface area contributed by atoms with E-state index in [4.69, 9.17) is 0 Å². The summed E-state index contributed by atoms with van der Waals surface area (Å²) in [5.41, 5.74) is 3.13. The first-order valence-corrected chi connectivity index (χ1v) is 7.54. The van der Waals surface area contributed by atoms with Crippen molar-refractivity contribution in [2.24, 2.45) is 7.05 Å². The topological polar surface area (TPSA) is 64.0 Å². The zero-order chi connectivity index (χ0) is 17.1.